The van der Waals surface area contributed by atoms with Gasteiger partial charge in [0, 0.05) is 41.5 Å². The SMILES string of the molecule is Brc1ccc2c(c1)C1CN(Cc3ccccc3)CC1CO2.Cl. The van der Waals surface area contributed by atoms with Crippen LogP contribution in [0.25, 0.3) is 0 Å². The van der Waals surface area contributed by atoms with Gasteiger partial charge in [0.1, 0.15) is 5.75 Å². The van der Waals surface area contributed by atoms with Gasteiger partial charge in [0.15, 0.2) is 0 Å². The molecule has 22 heavy (non-hydrogen) atoms. The second-order valence-electron chi connectivity index (χ2n) is 6.04. The van der Waals surface area contributed by atoms with E-state index >= 15 is 0 Å². The quantitative estimate of drug-likeness (QED) is 0.761. The molecule has 1 fully saturated rings. The first kappa shape index (κ1) is 15.9. The van der Waals surface area contributed by atoms with Crippen molar-refractivity contribution in [1.29, 1.82) is 0 Å². The Bertz CT molecular complexity index is 649. The molecule has 2 atom stereocenters. The van der Waals surface area contributed by atoms with Crippen molar-refractivity contribution in [2.75, 3.05) is 19.7 Å². The molecule has 1 saturated heterocycles. The predicted molar refractivity (Wildman–Crippen MR) is 94.8 cm³/mol. The van der Waals surface area contributed by atoms with Gasteiger partial charge < -0.3 is 4.74 Å². The summed E-state index contributed by atoms with van der Waals surface area (Å²) in [5.41, 5.74) is 2.77. The molecule has 116 valence electrons. The second-order valence-corrected chi connectivity index (χ2v) is 6.96. The van der Waals surface area contributed by atoms with Gasteiger partial charge in [-0.1, -0.05) is 46.3 Å². The van der Waals surface area contributed by atoms with Gasteiger partial charge in [0.25, 0.3) is 0 Å². The van der Waals surface area contributed by atoms with E-state index in [0.717, 1.165) is 36.5 Å². The fraction of sp³-hybridized carbons (Fsp3) is 0.333. The number of benzene rings is 2. The molecule has 2 nitrogen and oxygen atoms in total. The zero-order chi connectivity index (χ0) is 14.2. The van der Waals surface area contributed by atoms with Gasteiger partial charge >= 0.3 is 0 Å². The van der Waals surface area contributed by atoms with Gasteiger partial charge in [-0.05, 0) is 23.8 Å². The average Bonchev–Trinajstić information content (AvgIpc) is 2.91. The van der Waals surface area contributed by atoms with E-state index in [9.17, 15) is 0 Å². The molecule has 4 rings (SSSR count). The van der Waals surface area contributed by atoms with Crippen LogP contribution >= 0.6 is 28.3 Å². The summed E-state index contributed by atoms with van der Waals surface area (Å²) in [5, 5.41) is 0. The van der Waals surface area contributed by atoms with Crippen LogP contribution in [0.4, 0.5) is 0 Å². The normalized spacial score (nSPS) is 23.1. The lowest BCUT2D eigenvalue weighted by atomic mass is 9.87. The Kier molecular flexibility index (Phi) is 4.76. The minimum Gasteiger partial charge on any atom is -0.493 e. The fourth-order valence-electron chi connectivity index (χ4n) is 3.59. The average molecular weight is 381 g/mol. The molecule has 0 aliphatic carbocycles. The molecule has 0 spiro atoms. The zero-order valence-corrected chi connectivity index (χ0v) is 14.6. The van der Waals surface area contributed by atoms with Crippen LogP contribution in [0.3, 0.4) is 0 Å². The van der Waals surface area contributed by atoms with Crippen molar-refractivity contribution in [3.8, 4) is 5.75 Å². The van der Waals surface area contributed by atoms with Gasteiger partial charge in [-0.2, -0.15) is 0 Å². The monoisotopic (exact) mass is 379 g/mol. The Balaban J connectivity index is 0.00000144. The third-order valence-electron chi connectivity index (χ3n) is 4.59. The maximum Gasteiger partial charge on any atom is 0.122 e. The number of rotatable bonds is 2. The third kappa shape index (κ3) is 3.03. The molecular weight excluding hydrogens is 362 g/mol. The molecule has 0 N–H and O–H groups in total. The summed E-state index contributed by atoms with van der Waals surface area (Å²) in [4.78, 5) is 2.56. The number of halogens is 2. The van der Waals surface area contributed by atoms with Crippen LogP contribution in [0.5, 0.6) is 5.75 Å². The summed E-state index contributed by atoms with van der Waals surface area (Å²) in [6.45, 7) is 4.15. The molecule has 2 heterocycles. The van der Waals surface area contributed by atoms with Gasteiger partial charge in [0.05, 0.1) is 6.61 Å². The lowest BCUT2D eigenvalue weighted by molar-refractivity contribution is 0.212. The molecule has 2 aliphatic rings. The van der Waals surface area contributed by atoms with Gasteiger partial charge in [-0.15, -0.1) is 12.4 Å². The highest BCUT2D eigenvalue weighted by Gasteiger charge is 2.38. The van der Waals surface area contributed by atoms with Gasteiger partial charge in [-0.3, -0.25) is 4.90 Å². The standard InChI is InChI=1S/C18H18BrNO.ClH/c19-15-6-7-18-16(8-15)17-11-20(10-14(17)12-21-18)9-13-4-2-1-3-5-13;/h1-8,14,17H,9-12H2;1H. The first-order valence-electron chi connectivity index (χ1n) is 7.48. The smallest absolute Gasteiger partial charge is 0.122 e. The van der Waals surface area contributed by atoms with Gasteiger partial charge in [-0.25, -0.2) is 0 Å². The number of hydrogen-bond acceptors (Lipinski definition) is 2. The summed E-state index contributed by atoms with van der Waals surface area (Å²) in [6, 6.07) is 17.1. The summed E-state index contributed by atoms with van der Waals surface area (Å²) in [6.07, 6.45) is 0. The maximum atomic E-state index is 5.94. The van der Waals surface area contributed by atoms with Crippen molar-refractivity contribution in [2.24, 2.45) is 5.92 Å². The number of likely N-dealkylation sites (tertiary alicyclic amines) is 1. The lowest BCUT2D eigenvalue weighted by Crippen LogP contribution is -2.25. The van der Waals surface area contributed by atoms with E-state index in [2.05, 4.69) is 69.4 Å². The van der Waals surface area contributed by atoms with Crippen LogP contribution in [-0.4, -0.2) is 24.6 Å². The molecule has 0 aromatic heterocycles. The third-order valence-corrected chi connectivity index (χ3v) is 5.08. The van der Waals surface area contributed by atoms with E-state index in [4.69, 9.17) is 4.74 Å². The first-order valence-corrected chi connectivity index (χ1v) is 8.27. The number of nitrogens with zero attached hydrogens (tertiary/aromatic N) is 1. The maximum absolute atomic E-state index is 5.94. The highest BCUT2D eigenvalue weighted by atomic mass is 79.9. The molecule has 4 heteroatoms. The largest absolute Gasteiger partial charge is 0.493 e. The Morgan fingerprint density at radius 3 is 2.73 bits per heavy atom. The Morgan fingerprint density at radius 2 is 1.91 bits per heavy atom. The summed E-state index contributed by atoms with van der Waals surface area (Å²) >= 11 is 3.59. The summed E-state index contributed by atoms with van der Waals surface area (Å²) in [7, 11) is 0. The molecule has 0 saturated carbocycles. The van der Waals surface area contributed by atoms with Crippen molar-refractivity contribution < 1.29 is 4.74 Å². The molecule has 0 amide bonds. The predicted octanol–water partition coefficient (Wildman–Crippen LogP) is 4.48. The van der Waals surface area contributed by atoms with Gasteiger partial charge in [0.2, 0.25) is 0 Å². The Morgan fingerprint density at radius 1 is 1.09 bits per heavy atom. The van der Waals surface area contributed by atoms with E-state index in [1.54, 1.807) is 0 Å². The first-order chi connectivity index (χ1) is 10.3. The molecule has 0 radical (unpaired) electrons. The van der Waals surface area contributed by atoms with E-state index in [-0.39, 0.29) is 12.4 Å². The van der Waals surface area contributed by atoms with E-state index < -0.39 is 0 Å². The fourth-order valence-corrected chi connectivity index (χ4v) is 3.97. The minimum atomic E-state index is 0. The molecular formula is C18H19BrClNO. The van der Waals surface area contributed by atoms with Crippen molar-refractivity contribution >= 4 is 28.3 Å². The molecule has 2 aromatic carbocycles. The molecule has 2 aromatic rings. The van der Waals surface area contributed by atoms with Crippen LogP contribution in [0.15, 0.2) is 53.0 Å². The van der Waals surface area contributed by atoms with Crippen molar-refractivity contribution in [1.82, 2.24) is 4.90 Å². The Hall–Kier alpha value is -1.03. The van der Waals surface area contributed by atoms with Crippen molar-refractivity contribution in [3.05, 3.63) is 64.1 Å². The number of hydrogen-bond donors (Lipinski definition) is 0. The minimum absolute atomic E-state index is 0. The Labute approximate surface area is 146 Å². The zero-order valence-electron chi connectivity index (χ0n) is 12.2. The summed E-state index contributed by atoms with van der Waals surface area (Å²) in [5.74, 6) is 2.30. The van der Waals surface area contributed by atoms with E-state index in [0.29, 0.717) is 11.8 Å². The van der Waals surface area contributed by atoms with E-state index in [1.807, 2.05) is 0 Å². The molecule has 0 bridgehead atoms. The van der Waals surface area contributed by atoms with Crippen molar-refractivity contribution in [3.63, 3.8) is 0 Å². The number of ether oxygens (including phenoxy) is 1. The molecule has 2 aliphatic heterocycles. The topological polar surface area (TPSA) is 12.5 Å². The highest BCUT2D eigenvalue weighted by Crippen LogP contribution is 2.42. The van der Waals surface area contributed by atoms with Crippen LogP contribution < -0.4 is 4.74 Å². The summed E-state index contributed by atoms with van der Waals surface area (Å²) < 4.78 is 7.09. The lowest BCUT2D eigenvalue weighted by Gasteiger charge is -2.27. The highest BCUT2D eigenvalue weighted by molar-refractivity contribution is 9.10. The number of fused-ring (bicyclic) bond motifs is 3. The van der Waals surface area contributed by atoms with Crippen LogP contribution in [0.2, 0.25) is 0 Å². The van der Waals surface area contributed by atoms with Crippen LogP contribution in [-0.2, 0) is 6.54 Å². The van der Waals surface area contributed by atoms with Crippen molar-refractivity contribution in [2.45, 2.75) is 12.5 Å². The van der Waals surface area contributed by atoms with E-state index in [1.165, 1.54) is 11.1 Å². The second kappa shape index (κ2) is 6.61. The van der Waals surface area contributed by atoms with Crippen LogP contribution in [0.1, 0.15) is 17.0 Å². The molecule has 2 unspecified atom stereocenters. The van der Waals surface area contributed by atoms with Crippen LogP contribution in [0, 0.1) is 5.92 Å².